The van der Waals surface area contributed by atoms with Crippen LogP contribution in [0.5, 0.6) is 0 Å². The molecule has 0 fully saturated rings. The molecule has 3 nitrogen and oxygen atoms in total. The third kappa shape index (κ3) is 14.1. The molecule has 0 aliphatic carbocycles. The molecular weight excluding hydrogens is 166 g/mol. The van der Waals surface area contributed by atoms with E-state index in [1.54, 1.807) is 6.92 Å². The van der Waals surface area contributed by atoms with Gasteiger partial charge in [0.25, 0.3) is 0 Å². The first-order chi connectivity index (χ1) is 5.74. The summed E-state index contributed by atoms with van der Waals surface area (Å²) in [4.78, 5) is 10.8. The second kappa shape index (κ2) is 6.66. The zero-order valence-corrected chi connectivity index (χ0v) is 9.31. The van der Waals surface area contributed by atoms with Gasteiger partial charge in [0.1, 0.15) is 5.60 Å². The first-order valence-corrected chi connectivity index (χ1v) is 4.33. The lowest BCUT2D eigenvalue weighted by Gasteiger charge is -2.19. The standard InChI is InChI=1S/C8H14O2.C2H7N/c1-6(2)7(9)10-8(3,4)5;1-2-3/h1H2,2-5H3;2-3H2,1H3. The molecule has 0 bridgehead atoms. The lowest BCUT2D eigenvalue weighted by Crippen LogP contribution is -2.23. The number of esters is 1. The van der Waals surface area contributed by atoms with Crippen LogP contribution in [0.15, 0.2) is 12.2 Å². The highest BCUT2D eigenvalue weighted by molar-refractivity contribution is 5.87. The third-order valence-corrected chi connectivity index (χ3v) is 0.747. The Morgan fingerprint density at radius 1 is 1.46 bits per heavy atom. The van der Waals surface area contributed by atoms with Gasteiger partial charge in [0.2, 0.25) is 0 Å². The van der Waals surface area contributed by atoms with Crippen LogP contribution in [-0.4, -0.2) is 18.1 Å². The molecule has 0 radical (unpaired) electrons. The Bertz CT molecular complexity index is 168. The molecule has 0 aliphatic rings. The van der Waals surface area contributed by atoms with Gasteiger partial charge in [0.15, 0.2) is 0 Å². The molecule has 0 aromatic heterocycles. The number of ether oxygens (including phenoxy) is 1. The summed E-state index contributed by atoms with van der Waals surface area (Å²) >= 11 is 0. The van der Waals surface area contributed by atoms with Gasteiger partial charge in [-0.05, 0) is 34.2 Å². The molecule has 0 saturated heterocycles. The Labute approximate surface area is 81.0 Å². The minimum atomic E-state index is -0.407. The summed E-state index contributed by atoms with van der Waals surface area (Å²) < 4.78 is 4.96. The van der Waals surface area contributed by atoms with Gasteiger partial charge < -0.3 is 10.5 Å². The summed E-state index contributed by atoms with van der Waals surface area (Å²) in [6, 6.07) is 0. The molecule has 0 atom stereocenters. The first kappa shape index (κ1) is 14.7. The summed E-state index contributed by atoms with van der Waals surface area (Å²) in [5.41, 5.74) is 4.88. The van der Waals surface area contributed by atoms with Crippen molar-refractivity contribution in [3.8, 4) is 0 Å². The monoisotopic (exact) mass is 187 g/mol. The topological polar surface area (TPSA) is 52.3 Å². The maximum atomic E-state index is 10.8. The van der Waals surface area contributed by atoms with E-state index in [0.29, 0.717) is 5.57 Å². The van der Waals surface area contributed by atoms with Crippen molar-refractivity contribution >= 4 is 5.97 Å². The molecule has 13 heavy (non-hydrogen) atoms. The van der Waals surface area contributed by atoms with E-state index in [1.165, 1.54) is 0 Å². The highest BCUT2D eigenvalue weighted by atomic mass is 16.6. The maximum absolute atomic E-state index is 10.8. The number of carbonyl (C=O) groups excluding carboxylic acids is 1. The second-order valence-corrected chi connectivity index (χ2v) is 3.69. The van der Waals surface area contributed by atoms with Gasteiger partial charge in [-0.2, -0.15) is 0 Å². The largest absolute Gasteiger partial charge is 0.457 e. The fourth-order valence-corrected chi connectivity index (χ4v) is 0.365. The SMILES string of the molecule is C=C(C)C(=O)OC(C)(C)C.CCN. The first-order valence-electron chi connectivity index (χ1n) is 4.33. The Morgan fingerprint density at radius 3 is 1.85 bits per heavy atom. The fourth-order valence-electron chi connectivity index (χ4n) is 0.365. The lowest BCUT2D eigenvalue weighted by molar-refractivity contribution is -0.149. The number of carbonyl (C=O) groups is 1. The van der Waals surface area contributed by atoms with Crippen molar-refractivity contribution in [3.05, 3.63) is 12.2 Å². The number of rotatable bonds is 1. The van der Waals surface area contributed by atoms with Crippen LogP contribution in [0, 0.1) is 0 Å². The molecule has 0 heterocycles. The van der Waals surface area contributed by atoms with Crippen LogP contribution >= 0.6 is 0 Å². The van der Waals surface area contributed by atoms with Crippen LogP contribution in [0.3, 0.4) is 0 Å². The van der Waals surface area contributed by atoms with E-state index in [2.05, 4.69) is 6.58 Å². The molecular formula is C10H21NO2. The minimum Gasteiger partial charge on any atom is -0.457 e. The average Bonchev–Trinajstić information content (AvgIpc) is 1.84. The Hall–Kier alpha value is -0.830. The highest BCUT2D eigenvalue weighted by Gasteiger charge is 2.15. The molecule has 0 aromatic rings. The van der Waals surface area contributed by atoms with Crippen LogP contribution in [0.4, 0.5) is 0 Å². The van der Waals surface area contributed by atoms with Crippen LogP contribution < -0.4 is 5.73 Å². The normalized spacial score (nSPS) is 9.69. The van der Waals surface area contributed by atoms with Crippen molar-refractivity contribution in [2.75, 3.05) is 6.54 Å². The van der Waals surface area contributed by atoms with Crippen LogP contribution in [0.25, 0.3) is 0 Å². The van der Waals surface area contributed by atoms with Crippen molar-refractivity contribution < 1.29 is 9.53 Å². The van der Waals surface area contributed by atoms with Gasteiger partial charge in [-0.1, -0.05) is 13.5 Å². The molecule has 0 rings (SSSR count). The van der Waals surface area contributed by atoms with E-state index in [4.69, 9.17) is 10.5 Å². The summed E-state index contributed by atoms with van der Waals surface area (Å²) in [7, 11) is 0. The van der Waals surface area contributed by atoms with E-state index < -0.39 is 5.60 Å². The fraction of sp³-hybridized carbons (Fsp3) is 0.700. The zero-order chi connectivity index (χ0) is 11.1. The molecule has 0 spiro atoms. The van der Waals surface area contributed by atoms with Gasteiger partial charge in [0, 0.05) is 5.57 Å². The van der Waals surface area contributed by atoms with Crippen LogP contribution in [0.1, 0.15) is 34.6 Å². The van der Waals surface area contributed by atoms with Crippen molar-refractivity contribution in [1.82, 2.24) is 0 Å². The zero-order valence-electron chi connectivity index (χ0n) is 9.31. The third-order valence-electron chi connectivity index (χ3n) is 0.747. The summed E-state index contributed by atoms with van der Waals surface area (Å²) in [6.45, 7) is 13.2. The van der Waals surface area contributed by atoms with Gasteiger partial charge in [-0.3, -0.25) is 0 Å². The predicted molar refractivity (Wildman–Crippen MR) is 55.4 cm³/mol. The quantitative estimate of drug-likeness (QED) is 0.503. The minimum absolute atomic E-state index is 0.326. The van der Waals surface area contributed by atoms with Crippen molar-refractivity contribution in [2.24, 2.45) is 5.73 Å². The van der Waals surface area contributed by atoms with Crippen molar-refractivity contribution in [2.45, 2.75) is 40.2 Å². The number of hydrogen-bond acceptors (Lipinski definition) is 3. The van der Waals surface area contributed by atoms with Crippen molar-refractivity contribution in [3.63, 3.8) is 0 Å². The summed E-state index contributed by atoms with van der Waals surface area (Å²) in [5, 5.41) is 0. The molecule has 0 aromatic carbocycles. The smallest absolute Gasteiger partial charge is 0.333 e. The van der Waals surface area contributed by atoms with E-state index in [1.807, 2.05) is 27.7 Å². The molecule has 2 N–H and O–H groups in total. The lowest BCUT2D eigenvalue weighted by atomic mass is 10.2. The second-order valence-electron chi connectivity index (χ2n) is 3.69. The molecule has 0 saturated carbocycles. The Morgan fingerprint density at radius 2 is 1.77 bits per heavy atom. The van der Waals surface area contributed by atoms with Gasteiger partial charge in [-0.15, -0.1) is 0 Å². The molecule has 0 amide bonds. The van der Waals surface area contributed by atoms with E-state index >= 15 is 0 Å². The Kier molecular flexibility index (Phi) is 7.52. The predicted octanol–water partition coefficient (Wildman–Crippen LogP) is 1.87. The number of hydrogen-bond donors (Lipinski definition) is 1. The van der Waals surface area contributed by atoms with Gasteiger partial charge >= 0.3 is 5.97 Å². The number of nitrogens with two attached hydrogens (primary N) is 1. The van der Waals surface area contributed by atoms with Crippen LogP contribution in [0.2, 0.25) is 0 Å². The van der Waals surface area contributed by atoms with Gasteiger partial charge in [-0.25, -0.2) is 4.79 Å². The molecule has 78 valence electrons. The molecule has 3 heteroatoms. The maximum Gasteiger partial charge on any atom is 0.333 e. The van der Waals surface area contributed by atoms with Gasteiger partial charge in [0.05, 0.1) is 0 Å². The highest BCUT2D eigenvalue weighted by Crippen LogP contribution is 2.09. The molecule has 0 aliphatic heterocycles. The van der Waals surface area contributed by atoms with Crippen molar-refractivity contribution in [1.29, 1.82) is 0 Å². The van der Waals surface area contributed by atoms with E-state index in [9.17, 15) is 4.79 Å². The summed E-state index contributed by atoms with van der Waals surface area (Å²) in [6.07, 6.45) is 0. The van der Waals surface area contributed by atoms with E-state index in [0.717, 1.165) is 6.54 Å². The Balaban J connectivity index is 0. The van der Waals surface area contributed by atoms with Crippen LogP contribution in [-0.2, 0) is 9.53 Å². The average molecular weight is 187 g/mol. The summed E-state index contributed by atoms with van der Waals surface area (Å²) in [5.74, 6) is -0.326. The molecule has 0 unspecified atom stereocenters. The van der Waals surface area contributed by atoms with E-state index in [-0.39, 0.29) is 5.97 Å².